The third-order valence-electron chi connectivity index (χ3n) is 2.33. The fourth-order valence-corrected chi connectivity index (χ4v) is 2.62. The standard InChI is InChI=1S/C14H23NS/c1-10(2)9-16-14-6-5-11(3)7-13(14)8-12(4)15/h5-7,10,12H,8-9,15H2,1-4H3. The van der Waals surface area contributed by atoms with Crippen LogP contribution in [0.5, 0.6) is 0 Å². The van der Waals surface area contributed by atoms with Gasteiger partial charge in [-0.25, -0.2) is 0 Å². The van der Waals surface area contributed by atoms with Crippen LogP contribution in [0.3, 0.4) is 0 Å². The van der Waals surface area contributed by atoms with Gasteiger partial charge in [0, 0.05) is 16.7 Å². The molecule has 1 unspecified atom stereocenters. The van der Waals surface area contributed by atoms with Crippen LogP contribution < -0.4 is 5.73 Å². The van der Waals surface area contributed by atoms with Crippen LogP contribution in [-0.4, -0.2) is 11.8 Å². The Morgan fingerprint density at radius 2 is 1.94 bits per heavy atom. The first-order chi connectivity index (χ1) is 7.49. The first kappa shape index (κ1) is 13.6. The van der Waals surface area contributed by atoms with E-state index in [4.69, 9.17) is 5.73 Å². The Bertz CT molecular complexity index is 332. The Morgan fingerprint density at radius 3 is 2.50 bits per heavy atom. The molecule has 2 heteroatoms. The van der Waals surface area contributed by atoms with Crippen molar-refractivity contribution in [3.63, 3.8) is 0 Å². The average molecular weight is 237 g/mol. The van der Waals surface area contributed by atoms with Crippen LogP contribution in [0.4, 0.5) is 0 Å². The van der Waals surface area contributed by atoms with Gasteiger partial charge in [-0.2, -0.15) is 0 Å². The van der Waals surface area contributed by atoms with Gasteiger partial charge in [0.25, 0.3) is 0 Å². The number of aryl methyl sites for hydroxylation is 1. The zero-order chi connectivity index (χ0) is 12.1. The Kier molecular flexibility index (Phi) is 5.36. The molecule has 0 amide bonds. The molecule has 0 fully saturated rings. The van der Waals surface area contributed by atoms with Crippen molar-refractivity contribution in [2.45, 2.75) is 45.1 Å². The second-order valence-corrected chi connectivity index (χ2v) is 6.06. The van der Waals surface area contributed by atoms with E-state index in [-0.39, 0.29) is 6.04 Å². The minimum atomic E-state index is 0.236. The summed E-state index contributed by atoms with van der Waals surface area (Å²) in [7, 11) is 0. The first-order valence-corrected chi connectivity index (χ1v) is 6.95. The molecule has 1 aromatic carbocycles. The molecular weight excluding hydrogens is 214 g/mol. The molecule has 0 aliphatic rings. The number of thioether (sulfide) groups is 1. The summed E-state index contributed by atoms with van der Waals surface area (Å²) in [5.41, 5.74) is 8.62. The summed E-state index contributed by atoms with van der Waals surface area (Å²) < 4.78 is 0. The monoisotopic (exact) mass is 237 g/mol. The van der Waals surface area contributed by atoms with Crippen molar-refractivity contribution in [2.24, 2.45) is 11.7 Å². The topological polar surface area (TPSA) is 26.0 Å². The second-order valence-electron chi connectivity index (χ2n) is 5.00. The van der Waals surface area contributed by atoms with Gasteiger partial charge in [0.2, 0.25) is 0 Å². The lowest BCUT2D eigenvalue weighted by Crippen LogP contribution is -2.18. The molecule has 0 spiro atoms. The van der Waals surface area contributed by atoms with Gasteiger partial charge in [-0.3, -0.25) is 0 Å². The maximum Gasteiger partial charge on any atom is 0.0105 e. The van der Waals surface area contributed by atoms with Gasteiger partial charge in [0.05, 0.1) is 0 Å². The highest BCUT2D eigenvalue weighted by molar-refractivity contribution is 7.99. The van der Waals surface area contributed by atoms with Crippen molar-refractivity contribution in [1.82, 2.24) is 0 Å². The van der Waals surface area contributed by atoms with Crippen LogP contribution in [-0.2, 0) is 6.42 Å². The minimum absolute atomic E-state index is 0.236. The summed E-state index contributed by atoms with van der Waals surface area (Å²) in [6.07, 6.45) is 0.974. The lowest BCUT2D eigenvalue weighted by atomic mass is 10.1. The fourth-order valence-electron chi connectivity index (χ4n) is 1.61. The van der Waals surface area contributed by atoms with Gasteiger partial charge in [0.15, 0.2) is 0 Å². The Hall–Kier alpha value is -0.470. The van der Waals surface area contributed by atoms with E-state index in [1.165, 1.54) is 21.8 Å². The maximum atomic E-state index is 5.89. The number of hydrogen-bond acceptors (Lipinski definition) is 2. The first-order valence-electron chi connectivity index (χ1n) is 5.97. The summed E-state index contributed by atoms with van der Waals surface area (Å²) in [6, 6.07) is 6.93. The lowest BCUT2D eigenvalue weighted by molar-refractivity contribution is 0.727. The number of hydrogen-bond donors (Lipinski definition) is 1. The third kappa shape index (κ3) is 4.58. The van der Waals surface area contributed by atoms with E-state index in [1.54, 1.807) is 0 Å². The van der Waals surface area contributed by atoms with Gasteiger partial charge in [0.1, 0.15) is 0 Å². The van der Waals surface area contributed by atoms with E-state index in [0.717, 1.165) is 12.3 Å². The molecular formula is C14H23NS. The van der Waals surface area contributed by atoms with Crippen molar-refractivity contribution in [2.75, 3.05) is 5.75 Å². The SMILES string of the molecule is Cc1ccc(SCC(C)C)c(CC(C)N)c1. The molecule has 16 heavy (non-hydrogen) atoms. The van der Waals surface area contributed by atoms with E-state index in [2.05, 4.69) is 45.9 Å². The number of nitrogens with two attached hydrogens (primary N) is 1. The van der Waals surface area contributed by atoms with Gasteiger partial charge < -0.3 is 5.73 Å². The maximum absolute atomic E-state index is 5.89. The molecule has 90 valence electrons. The van der Waals surface area contributed by atoms with Crippen molar-refractivity contribution < 1.29 is 0 Å². The molecule has 0 aliphatic heterocycles. The summed E-state index contributed by atoms with van der Waals surface area (Å²) in [5.74, 6) is 1.91. The minimum Gasteiger partial charge on any atom is -0.328 e. The van der Waals surface area contributed by atoms with Crippen LogP contribution in [0.25, 0.3) is 0 Å². The zero-order valence-electron chi connectivity index (χ0n) is 10.8. The smallest absolute Gasteiger partial charge is 0.0105 e. The molecule has 0 radical (unpaired) electrons. The van der Waals surface area contributed by atoms with Gasteiger partial charge in [-0.05, 0) is 37.8 Å². The third-order valence-corrected chi connectivity index (χ3v) is 3.87. The van der Waals surface area contributed by atoms with Crippen molar-refractivity contribution in [1.29, 1.82) is 0 Å². The molecule has 0 heterocycles. The van der Waals surface area contributed by atoms with Crippen LogP contribution in [0.2, 0.25) is 0 Å². The summed E-state index contributed by atoms with van der Waals surface area (Å²) in [4.78, 5) is 1.40. The molecule has 0 saturated heterocycles. The molecule has 1 nitrogen and oxygen atoms in total. The number of rotatable bonds is 5. The van der Waals surface area contributed by atoms with Crippen LogP contribution >= 0.6 is 11.8 Å². The molecule has 0 bridgehead atoms. The van der Waals surface area contributed by atoms with Gasteiger partial charge in [-0.15, -0.1) is 11.8 Å². The van der Waals surface area contributed by atoms with Crippen molar-refractivity contribution in [3.05, 3.63) is 29.3 Å². The highest BCUT2D eigenvalue weighted by Crippen LogP contribution is 2.26. The molecule has 0 saturated carbocycles. The molecule has 0 aliphatic carbocycles. The van der Waals surface area contributed by atoms with Crippen LogP contribution in [0.15, 0.2) is 23.1 Å². The predicted octanol–water partition coefficient (Wildman–Crippen LogP) is 3.63. The molecule has 2 N–H and O–H groups in total. The quantitative estimate of drug-likeness (QED) is 0.791. The Labute approximate surface area is 104 Å². The highest BCUT2D eigenvalue weighted by Gasteiger charge is 2.06. The molecule has 0 aromatic heterocycles. The van der Waals surface area contributed by atoms with E-state index in [1.807, 2.05) is 11.8 Å². The van der Waals surface area contributed by atoms with Gasteiger partial charge >= 0.3 is 0 Å². The Morgan fingerprint density at radius 1 is 1.25 bits per heavy atom. The van der Waals surface area contributed by atoms with Crippen molar-refractivity contribution >= 4 is 11.8 Å². The molecule has 1 atom stereocenters. The largest absolute Gasteiger partial charge is 0.328 e. The number of benzene rings is 1. The van der Waals surface area contributed by atoms with E-state index < -0.39 is 0 Å². The van der Waals surface area contributed by atoms with Crippen LogP contribution in [0, 0.1) is 12.8 Å². The molecule has 1 aromatic rings. The van der Waals surface area contributed by atoms with E-state index in [0.29, 0.717) is 0 Å². The predicted molar refractivity (Wildman–Crippen MR) is 74.1 cm³/mol. The second kappa shape index (κ2) is 6.31. The van der Waals surface area contributed by atoms with Crippen molar-refractivity contribution in [3.8, 4) is 0 Å². The average Bonchev–Trinajstić information content (AvgIpc) is 2.15. The normalized spacial score (nSPS) is 13.1. The Balaban J connectivity index is 2.80. The summed E-state index contributed by atoms with van der Waals surface area (Å²) >= 11 is 1.95. The van der Waals surface area contributed by atoms with E-state index in [9.17, 15) is 0 Å². The van der Waals surface area contributed by atoms with E-state index >= 15 is 0 Å². The molecule has 1 rings (SSSR count). The summed E-state index contributed by atoms with van der Waals surface area (Å²) in [5, 5.41) is 0. The lowest BCUT2D eigenvalue weighted by Gasteiger charge is -2.13. The van der Waals surface area contributed by atoms with Crippen LogP contribution in [0.1, 0.15) is 31.9 Å². The van der Waals surface area contributed by atoms with Gasteiger partial charge in [-0.1, -0.05) is 31.5 Å². The fraction of sp³-hybridized carbons (Fsp3) is 0.571. The zero-order valence-corrected chi connectivity index (χ0v) is 11.6. The highest BCUT2D eigenvalue weighted by atomic mass is 32.2. The summed E-state index contributed by atoms with van der Waals surface area (Å²) in [6.45, 7) is 8.72.